The molecule has 0 amide bonds. The van der Waals surface area contributed by atoms with E-state index >= 15 is 0 Å². The van der Waals surface area contributed by atoms with E-state index in [1.807, 2.05) is 0 Å². The molecule has 0 unspecified atom stereocenters. The molecule has 0 aliphatic rings. The molecular formula is C23H15F7N2O2. The SMILES string of the molecule is CCOC(=O)/C(C#N)=C/c1cn(Cc2cc(C(F)(F)F)cc(C(F)(F)F)c2)c2cccc(F)c12. The summed E-state index contributed by atoms with van der Waals surface area (Å²) in [6.07, 6.45) is -7.75. The Kier molecular flexibility index (Phi) is 6.72. The average molecular weight is 484 g/mol. The predicted octanol–water partition coefficient (Wildman–Crippen LogP) is 6.34. The fourth-order valence-corrected chi connectivity index (χ4v) is 3.39. The molecule has 3 aromatic rings. The summed E-state index contributed by atoms with van der Waals surface area (Å²) in [5.74, 6) is -1.72. The summed E-state index contributed by atoms with van der Waals surface area (Å²) in [5.41, 5.74) is -3.57. The second kappa shape index (κ2) is 9.21. The van der Waals surface area contributed by atoms with E-state index in [0.717, 1.165) is 12.1 Å². The molecule has 0 atom stereocenters. The number of alkyl halides is 6. The van der Waals surface area contributed by atoms with Crippen molar-refractivity contribution in [1.82, 2.24) is 4.57 Å². The van der Waals surface area contributed by atoms with Gasteiger partial charge < -0.3 is 9.30 Å². The smallest absolute Gasteiger partial charge is 0.416 e. The van der Waals surface area contributed by atoms with Crippen LogP contribution in [0, 0.1) is 17.1 Å². The number of hydrogen-bond acceptors (Lipinski definition) is 3. The first-order valence-electron chi connectivity index (χ1n) is 9.69. The van der Waals surface area contributed by atoms with Crippen LogP contribution in [-0.4, -0.2) is 17.1 Å². The minimum absolute atomic E-state index is 0.0175. The second-order valence-corrected chi connectivity index (χ2v) is 7.15. The highest BCUT2D eigenvalue weighted by Crippen LogP contribution is 2.37. The summed E-state index contributed by atoms with van der Waals surface area (Å²) >= 11 is 0. The van der Waals surface area contributed by atoms with Crippen molar-refractivity contribution in [3.8, 4) is 6.07 Å². The van der Waals surface area contributed by atoms with Gasteiger partial charge >= 0.3 is 18.3 Å². The summed E-state index contributed by atoms with van der Waals surface area (Å²) in [5, 5.41) is 9.18. The molecule has 3 rings (SSSR count). The highest BCUT2D eigenvalue weighted by atomic mass is 19.4. The molecule has 0 N–H and O–H groups in total. The molecule has 0 saturated heterocycles. The largest absolute Gasteiger partial charge is 0.462 e. The van der Waals surface area contributed by atoms with Crippen LogP contribution < -0.4 is 0 Å². The Morgan fingerprint density at radius 1 is 1.09 bits per heavy atom. The van der Waals surface area contributed by atoms with Crippen molar-refractivity contribution < 1.29 is 40.3 Å². The summed E-state index contributed by atoms with van der Waals surface area (Å²) in [6.45, 7) is 1.02. The van der Waals surface area contributed by atoms with Gasteiger partial charge in [-0.1, -0.05) is 6.07 Å². The lowest BCUT2D eigenvalue weighted by Gasteiger charge is -2.15. The Hall–Kier alpha value is -3.81. The van der Waals surface area contributed by atoms with Gasteiger partial charge in [0.2, 0.25) is 0 Å². The standard InChI is InChI=1S/C23H15F7N2O2/c1-2-34-21(33)14(10-31)8-15-12-32(19-5-3-4-18(24)20(15)19)11-13-6-16(22(25,26)27)9-17(7-13)23(28,29)30/h3-9,12H,2,11H2,1H3/b14-8+. The van der Waals surface area contributed by atoms with Crippen LogP contribution in [0.1, 0.15) is 29.2 Å². The summed E-state index contributed by atoms with van der Waals surface area (Å²) < 4.78 is 99.8. The van der Waals surface area contributed by atoms with Crippen LogP contribution in [0.5, 0.6) is 0 Å². The number of benzene rings is 2. The molecule has 0 fully saturated rings. The number of carbonyl (C=O) groups is 1. The first-order chi connectivity index (χ1) is 15.8. The minimum Gasteiger partial charge on any atom is -0.462 e. The van der Waals surface area contributed by atoms with Gasteiger partial charge in [-0.15, -0.1) is 0 Å². The van der Waals surface area contributed by atoms with Gasteiger partial charge in [0.15, 0.2) is 0 Å². The molecule has 34 heavy (non-hydrogen) atoms. The van der Waals surface area contributed by atoms with E-state index in [1.165, 1.54) is 29.8 Å². The van der Waals surface area contributed by atoms with Gasteiger partial charge in [0.25, 0.3) is 0 Å². The molecule has 0 saturated carbocycles. The number of rotatable bonds is 5. The summed E-state index contributed by atoms with van der Waals surface area (Å²) in [7, 11) is 0. The van der Waals surface area contributed by atoms with E-state index in [4.69, 9.17) is 4.74 Å². The van der Waals surface area contributed by atoms with Crippen LogP contribution >= 0.6 is 0 Å². The van der Waals surface area contributed by atoms with Gasteiger partial charge in [-0.2, -0.15) is 31.6 Å². The van der Waals surface area contributed by atoms with Gasteiger partial charge in [0.05, 0.1) is 23.3 Å². The van der Waals surface area contributed by atoms with Crippen molar-refractivity contribution in [2.45, 2.75) is 25.8 Å². The number of aromatic nitrogens is 1. The topological polar surface area (TPSA) is 55.0 Å². The lowest BCUT2D eigenvalue weighted by atomic mass is 10.0. The van der Waals surface area contributed by atoms with Crippen molar-refractivity contribution in [3.05, 3.63) is 76.2 Å². The third kappa shape index (κ3) is 5.22. The van der Waals surface area contributed by atoms with E-state index in [-0.39, 0.29) is 34.7 Å². The Morgan fingerprint density at radius 3 is 2.24 bits per heavy atom. The number of halogens is 7. The van der Waals surface area contributed by atoms with E-state index < -0.39 is 47.4 Å². The number of esters is 1. The number of nitriles is 1. The molecule has 1 heterocycles. The Labute approximate surface area is 188 Å². The highest BCUT2D eigenvalue weighted by Gasteiger charge is 2.37. The summed E-state index contributed by atoms with van der Waals surface area (Å²) in [6, 6.07) is 6.61. The maximum absolute atomic E-state index is 14.6. The van der Waals surface area contributed by atoms with Crippen molar-refractivity contribution in [1.29, 1.82) is 5.26 Å². The maximum atomic E-state index is 14.6. The first kappa shape index (κ1) is 24.8. The zero-order valence-electron chi connectivity index (χ0n) is 17.4. The number of carbonyl (C=O) groups excluding carboxylic acids is 1. The monoisotopic (exact) mass is 484 g/mol. The van der Waals surface area contributed by atoms with E-state index in [0.29, 0.717) is 12.1 Å². The molecule has 178 valence electrons. The van der Waals surface area contributed by atoms with Crippen LogP contribution in [0.4, 0.5) is 30.7 Å². The average Bonchev–Trinajstić information content (AvgIpc) is 3.09. The van der Waals surface area contributed by atoms with Crippen molar-refractivity contribution in [2.75, 3.05) is 6.61 Å². The zero-order valence-corrected chi connectivity index (χ0v) is 17.4. The molecule has 2 aromatic carbocycles. The highest BCUT2D eigenvalue weighted by molar-refractivity contribution is 6.01. The fraction of sp³-hybridized carbons (Fsp3) is 0.217. The molecule has 0 radical (unpaired) electrons. The van der Waals surface area contributed by atoms with E-state index in [1.54, 1.807) is 6.07 Å². The number of fused-ring (bicyclic) bond motifs is 1. The number of ether oxygens (including phenoxy) is 1. The van der Waals surface area contributed by atoms with Crippen LogP contribution in [0.25, 0.3) is 17.0 Å². The molecule has 1 aromatic heterocycles. The van der Waals surface area contributed by atoms with Crippen molar-refractivity contribution in [2.24, 2.45) is 0 Å². The Morgan fingerprint density at radius 2 is 1.71 bits per heavy atom. The third-order valence-electron chi connectivity index (χ3n) is 4.80. The predicted molar refractivity (Wildman–Crippen MR) is 108 cm³/mol. The molecule has 0 aliphatic heterocycles. The van der Waals surface area contributed by atoms with Gasteiger partial charge in [-0.25, -0.2) is 9.18 Å². The number of nitrogens with zero attached hydrogens (tertiary/aromatic N) is 2. The van der Waals surface area contributed by atoms with Crippen LogP contribution in [0.2, 0.25) is 0 Å². The second-order valence-electron chi connectivity index (χ2n) is 7.15. The molecule has 11 heteroatoms. The number of hydrogen-bond donors (Lipinski definition) is 0. The molecule has 0 bridgehead atoms. The lowest BCUT2D eigenvalue weighted by Crippen LogP contribution is -2.12. The summed E-state index contributed by atoms with van der Waals surface area (Å²) in [4.78, 5) is 11.9. The quantitative estimate of drug-likeness (QED) is 0.184. The van der Waals surface area contributed by atoms with Crippen LogP contribution in [-0.2, 0) is 28.4 Å². The first-order valence-corrected chi connectivity index (χ1v) is 9.69. The lowest BCUT2D eigenvalue weighted by molar-refractivity contribution is -0.143. The molecular weight excluding hydrogens is 469 g/mol. The molecule has 0 spiro atoms. The normalized spacial score (nSPS) is 12.6. The molecule has 0 aliphatic carbocycles. The van der Waals surface area contributed by atoms with Crippen molar-refractivity contribution in [3.63, 3.8) is 0 Å². The minimum atomic E-state index is -5.02. The zero-order chi connectivity index (χ0) is 25.3. The maximum Gasteiger partial charge on any atom is 0.416 e. The Balaban J connectivity index is 2.17. The van der Waals surface area contributed by atoms with E-state index in [9.17, 15) is 40.8 Å². The molecule has 4 nitrogen and oxygen atoms in total. The fourth-order valence-electron chi connectivity index (χ4n) is 3.39. The Bertz CT molecular complexity index is 1280. The van der Waals surface area contributed by atoms with E-state index in [2.05, 4.69) is 0 Å². The van der Waals surface area contributed by atoms with Crippen molar-refractivity contribution >= 4 is 22.9 Å². The van der Waals surface area contributed by atoms with Gasteiger partial charge in [-0.05, 0) is 48.9 Å². The third-order valence-corrected chi connectivity index (χ3v) is 4.80. The van der Waals surface area contributed by atoms with Crippen LogP contribution in [0.3, 0.4) is 0 Å². The van der Waals surface area contributed by atoms with Gasteiger partial charge in [-0.3, -0.25) is 0 Å². The van der Waals surface area contributed by atoms with Gasteiger partial charge in [0.1, 0.15) is 17.5 Å². The van der Waals surface area contributed by atoms with Gasteiger partial charge in [0, 0.05) is 23.7 Å². The van der Waals surface area contributed by atoms with Crippen LogP contribution in [0.15, 0.2) is 48.2 Å².